The van der Waals surface area contributed by atoms with Gasteiger partial charge in [-0.2, -0.15) is 5.26 Å². The normalized spacial score (nSPS) is 10.5. The highest BCUT2D eigenvalue weighted by molar-refractivity contribution is 5.35. The molecule has 1 heterocycles. The van der Waals surface area contributed by atoms with Crippen LogP contribution < -0.4 is 5.32 Å². The maximum atomic E-state index is 14.0. The number of nitrogens with zero attached hydrogens (tertiary/aromatic N) is 3. The van der Waals surface area contributed by atoms with E-state index in [0.29, 0.717) is 12.1 Å². The fourth-order valence-corrected chi connectivity index (χ4v) is 2.13. The van der Waals surface area contributed by atoms with E-state index in [4.69, 9.17) is 5.26 Å². The monoisotopic (exact) mass is 286 g/mol. The van der Waals surface area contributed by atoms with Gasteiger partial charge in [0.2, 0.25) is 0 Å². The van der Waals surface area contributed by atoms with Gasteiger partial charge in [-0.3, -0.25) is 0 Å². The number of nitrogens with one attached hydrogen (secondary N) is 1. The topological polar surface area (TPSA) is 53.6 Å². The zero-order valence-electron chi connectivity index (χ0n) is 12.1. The van der Waals surface area contributed by atoms with Gasteiger partial charge in [0.1, 0.15) is 11.9 Å². The Bertz CT molecular complexity index is 627. The minimum Gasteiger partial charge on any atom is -0.333 e. The van der Waals surface area contributed by atoms with Crippen LogP contribution in [0.5, 0.6) is 0 Å². The Morgan fingerprint density at radius 1 is 1.38 bits per heavy atom. The van der Waals surface area contributed by atoms with Gasteiger partial charge in [0, 0.05) is 24.7 Å². The molecular formula is C16H19FN4. The highest BCUT2D eigenvalue weighted by Crippen LogP contribution is 2.13. The van der Waals surface area contributed by atoms with Crippen LogP contribution in [0.2, 0.25) is 0 Å². The fourth-order valence-electron chi connectivity index (χ4n) is 2.13. The summed E-state index contributed by atoms with van der Waals surface area (Å²) in [6.45, 7) is 4.42. The van der Waals surface area contributed by atoms with E-state index < -0.39 is 5.82 Å². The lowest BCUT2D eigenvalue weighted by Gasteiger charge is -2.05. The standard InChI is InChI=1S/C16H19FN4/c1-2-7-19-8-6-15-11-21(12-20-15)10-14-5-3-4-13(9-18)16(14)17/h3-5,11-12,19H,2,6-8,10H2,1H3. The van der Waals surface area contributed by atoms with E-state index in [-0.39, 0.29) is 5.56 Å². The van der Waals surface area contributed by atoms with Crippen molar-refractivity contribution in [3.8, 4) is 6.07 Å². The van der Waals surface area contributed by atoms with Gasteiger partial charge in [-0.1, -0.05) is 19.1 Å². The van der Waals surface area contributed by atoms with E-state index in [1.54, 1.807) is 18.5 Å². The molecule has 0 spiro atoms. The molecule has 0 atom stereocenters. The Morgan fingerprint density at radius 2 is 2.24 bits per heavy atom. The van der Waals surface area contributed by atoms with Crippen LogP contribution in [0.15, 0.2) is 30.7 Å². The quantitative estimate of drug-likeness (QED) is 0.796. The molecule has 0 amide bonds. The van der Waals surface area contributed by atoms with Gasteiger partial charge in [0.05, 0.1) is 24.1 Å². The molecule has 0 aliphatic heterocycles. The van der Waals surface area contributed by atoms with Gasteiger partial charge in [-0.15, -0.1) is 0 Å². The number of hydrogen-bond acceptors (Lipinski definition) is 3. The number of halogens is 1. The number of rotatable bonds is 7. The van der Waals surface area contributed by atoms with Gasteiger partial charge < -0.3 is 9.88 Å². The smallest absolute Gasteiger partial charge is 0.145 e. The van der Waals surface area contributed by atoms with Gasteiger partial charge in [0.15, 0.2) is 0 Å². The second kappa shape index (κ2) is 7.55. The van der Waals surface area contributed by atoms with Crippen LogP contribution in [-0.4, -0.2) is 22.6 Å². The van der Waals surface area contributed by atoms with E-state index in [9.17, 15) is 4.39 Å². The first-order chi connectivity index (χ1) is 10.2. The van der Waals surface area contributed by atoms with Crippen LogP contribution >= 0.6 is 0 Å². The van der Waals surface area contributed by atoms with Gasteiger partial charge in [-0.05, 0) is 19.0 Å². The molecule has 0 aliphatic rings. The second-order valence-corrected chi connectivity index (χ2v) is 4.93. The van der Waals surface area contributed by atoms with Crippen molar-refractivity contribution >= 4 is 0 Å². The summed E-state index contributed by atoms with van der Waals surface area (Å²) in [5.74, 6) is -0.445. The van der Waals surface area contributed by atoms with Crippen molar-refractivity contribution in [3.63, 3.8) is 0 Å². The van der Waals surface area contributed by atoms with E-state index in [1.807, 2.05) is 16.8 Å². The van der Waals surface area contributed by atoms with Crippen LogP contribution in [0.1, 0.15) is 30.2 Å². The third kappa shape index (κ3) is 4.14. The molecule has 1 N–H and O–H groups in total. The molecule has 0 fully saturated rings. The summed E-state index contributed by atoms with van der Waals surface area (Å²) in [6, 6.07) is 6.73. The van der Waals surface area contributed by atoms with Crippen molar-refractivity contribution in [3.05, 3.63) is 53.4 Å². The van der Waals surface area contributed by atoms with Crippen LogP contribution in [0.4, 0.5) is 4.39 Å². The predicted octanol–water partition coefficient (Wildman–Crippen LogP) is 2.48. The number of imidazole rings is 1. The molecular weight excluding hydrogens is 267 g/mol. The molecule has 1 aromatic carbocycles. The molecule has 2 aromatic rings. The summed E-state index contributed by atoms with van der Waals surface area (Å²) in [7, 11) is 0. The lowest BCUT2D eigenvalue weighted by molar-refractivity contribution is 0.595. The van der Waals surface area contributed by atoms with Gasteiger partial charge >= 0.3 is 0 Å². The van der Waals surface area contributed by atoms with Crippen molar-refractivity contribution in [2.24, 2.45) is 0 Å². The fraction of sp³-hybridized carbons (Fsp3) is 0.375. The summed E-state index contributed by atoms with van der Waals surface area (Å²) in [6.07, 6.45) is 5.59. The van der Waals surface area contributed by atoms with Crippen LogP contribution in [-0.2, 0) is 13.0 Å². The van der Waals surface area contributed by atoms with Crippen molar-refractivity contribution in [1.29, 1.82) is 5.26 Å². The van der Waals surface area contributed by atoms with E-state index in [0.717, 1.165) is 31.6 Å². The first kappa shape index (κ1) is 15.2. The summed E-state index contributed by atoms with van der Waals surface area (Å²) < 4.78 is 15.8. The van der Waals surface area contributed by atoms with E-state index in [1.165, 1.54) is 6.07 Å². The Labute approximate surface area is 124 Å². The van der Waals surface area contributed by atoms with Crippen molar-refractivity contribution < 1.29 is 4.39 Å². The van der Waals surface area contributed by atoms with Gasteiger partial charge in [0.25, 0.3) is 0 Å². The Morgan fingerprint density at radius 3 is 3.00 bits per heavy atom. The molecule has 0 radical (unpaired) electrons. The number of nitriles is 1. The summed E-state index contributed by atoms with van der Waals surface area (Å²) in [4.78, 5) is 4.32. The molecule has 2 rings (SSSR count). The molecule has 0 saturated carbocycles. The molecule has 0 saturated heterocycles. The molecule has 110 valence electrons. The zero-order chi connectivity index (χ0) is 15.1. The number of benzene rings is 1. The third-order valence-corrected chi connectivity index (χ3v) is 3.22. The molecule has 5 heteroatoms. The van der Waals surface area contributed by atoms with Crippen molar-refractivity contribution in [2.75, 3.05) is 13.1 Å². The largest absolute Gasteiger partial charge is 0.333 e. The van der Waals surface area contributed by atoms with Crippen LogP contribution in [0.25, 0.3) is 0 Å². The average molecular weight is 286 g/mol. The lowest BCUT2D eigenvalue weighted by Crippen LogP contribution is -2.17. The highest BCUT2D eigenvalue weighted by atomic mass is 19.1. The molecule has 0 bridgehead atoms. The van der Waals surface area contributed by atoms with Gasteiger partial charge in [-0.25, -0.2) is 9.37 Å². The SMILES string of the molecule is CCCNCCc1cn(Cc2cccc(C#N)c2F)cn1. The zero-order valence-corrected chi connectivity index (χ0v) is 12.1. The maximum Gasteiger partial charge on any atom is 0.145 e. The molecule has 4 nitrogen and oxygen atoms in total. The lowest BCUT2D eigenvalue weighted by atomic mass is 10.1. The summed E-state index contributed by atoms with van der Waals surface area (Å²) in [5, 5.41) is 12.2. The van der Waals surface area contributed by atoms with E-state index in [2.05, 4.69) is 17.2 Å². The minimum absolute atomic E-state index is 0.0802. The Kier molecular flexibility index (Phi) is 5.47. The number of hydrogen-bond donors (Lipinski definition) is 1. The Hall–Kier alpha value is -2.19. The minimum atomic E-state index is -0.445. The summed E-state index contributed by atoms with van der Waals surface area (Å²) >= 11 is 0. The molecule has 1 aromatic heterocycles. The van der Waals surface area contributed by atoms with Crippen molar-refractivity contribution in [2.45, 2.75) is 26.3 Å². The maximum absolute atomic E-state index is 14.0. The number of aromatic nitrogens is 2. The van der Waals surface area contributed by atoms with Crippen LogP contribution in [0, 0.1) is 17.1 Å². The highest BCUT2D eigenvalue weighted by Gasteiger charge is 2.08. The second-order valence-electron chi connectivity index (χ2n) is 4.93. The Balaban J connectivity index is 1.98. The molecule has 0 aliphatic carbocycles. The van der Waals surface area contributed by atoms with Crippen LogP contribution in [0.3, 0.4) is 0 Å². The first-order valence-corrected chi connectivity index (χ1v) is 7.13. The predicted molar refractivity (Wildman–Crippen MR) is 79.3 cm³/mol. The first-order valence-electron chi connectivity index (χ1n) is 7.13. The molecule has 21 heavy (non-hydrogen) atoms. The molecule has 0 unspecified atom stereocenters. The van der Waals surface area contributed by atoms with Crippen molar-refractivity contribution in [1.82, 2.24) is 14.9 Å². The average Bonchev–Trinajstić information content (AvgIpc) is 2.93. The van der Waals surface area contributed by atoms with E-state index >= 15 is 0 Å². The third-order valence-electron chi connectivity index (χ3n) is 3.22. The summed E-state index contributed by atoms with van der Waals surface area (Å²) in [5.41, 5.74) is 1.56.